The van der Waals surface area contributed by atoms with Crippen molar-refractivity contribution >= 4 is 45.0 Å². The SMILES string of the molecule is CN(C)CC(=O)Nc1cncc(-c2cnc3[nH]nc(-c4nc5c(-c6cccs6)nccc5[nH]4)c3c2)c1. The highest BCUT2D eigenvalue weighted by Gasteiger charge is 2.17. The number of pyridine rings is 3. The first kappa shape index (κ1) is 22.0. The van der Waals surface area contributed by atoms with Gasteiger partial charge in [0.1, 0.15) is 16.9 Å². The second-order valence-corrected chi connectivity index (χ2v) is 9.51. The molecule has 0 unspecified atom stereocenters. The number of fused-ring (bicyclic) bond motifs is 2. The molecule has 6 aromatic heterocycles. The van der Waals surface area contributed by atoms with Gasteiger partial charge in [0.05, 0.1) is 34.2 Å². The molecular weight excluding hydrogens is 474 g/mol. The highest BCUT2D eigenvalue weighted by atomic mass is 32.1. The number of hydrogen-bond acceptors (Lipinski definition) is 8. The van der Waals surface area contributed by atoms with Gasteiger partial charge in [-0.05, 0) is 43.7 Å². The summed E-state index contributed by atoms with van der Waals surface area (Å²) in [6.07, 6.45) is 6.90. The monoisotopic (exact) mass is 495 g/mol. The molecule has 0 aliphatic heterocycles. The third kappa shape index (κ3) is 4.10. The summed E-state index contributed by atoms with van der Waals surface area (Å²) in [6, 6.07) is 9.81. The molecule has 6 aromatic rings. The van der Waals surface area contributed by atoms with Crippen LogP contribution in [0.25, 0.3) is 55.3 Å². The van der Waals surface area contributed by atoms with Crippen LogP contribution in [0.15, 0.2) is 60.5 Å². The Labute approximate surface area is 209 Å². The molecule has 6 heterocycles. The predicted octanol–water partition coefficient (Wildman–Crippen LogP) is 4.19. The minimum atomic E-state index is -0.106. The quantitative estimate of drug-likeness (QED) is 0.316. The molecule has 6 rings (SSSR count). The van der Waals surface area contributed by atoms with Crippen molar-refractivity contribution in [2.75, 3.05) is 26.0 Å². The van der Waals surface area contributed by atoms with Crippen molar-refractivity contribution in [3.63, 3.8) is 0 Å². The van der Waals surface area contributed by atoms with Crippen LogP contribution in [0.1, 0.15) is 0 Å². The molecule has 0 radical (unpaired) electrons. The number of carbonyl (C=O) groups excluding carboxylic acids is 1. The van der Waals surface area contributed by atoms with E-state index in [1.54, 1.807) is 36.1 Å². The number of aromatic nitrogens is 7. The van der Waals surface area contributed by atoms with Gasteiger partial charge in [-0.2, -0.15) is 5.10 Å². The lowest BCUT2D eigenvalue weighted by molar-refractivity contribution is -0.116. The lowest BCUT2D eigenvalue weighted by Gasteiger charge is -2.10. The summed E-state index contributed by atoms with van der Waals surface area (Å²) < 4.78 is 0. The van der Waals surface area contributed by atoms with Crippen LogP contribution in [-0.2, 0) is 4.79 Å². The van der Waals surface area contributed by atoms with E-state index >= 15 is 0 Å². The predicted molar refractivity (Wildman–Crippen MR) is 140 cm³/mol. The van der Waals surface area contributed by atoms with Crippen molar-refractivity contribution < 1.29 is 4.79 Å². The summed E-state index contributed by atoms with van der Waals surface area (Å²) in [4.78, 5) is 36.7. The maximum absolute atomic E-state index is 12.2. The van der Waals surface area contributed by atoms with Crippen molar-refractivity contribution in [1.29, 1.82) is 0 Å². The van der Waals surface area contributed by atoms with Crippen LogP contribution >= 0.6 is 11.3 Å². The Balaban J connectivity index is 1.38. The Kier molecular flexibility index (Phi) is 5.47. The Bertz CT molecular complexity index is 1700. The molecule has 0 saturated heterocycles. The molecule has 0 atom stereocenters. The van der Waals surface area contributed by atoms with Crippen molar-refractivity contribution in [1.82, 2.24) is 40.0 Å². The van der Waals surface area contributed by atoms with Crippen LogP contribution < -0.4 is 5.32 Å². The molecule has 178 valence electrons. The maximum atomic E-state index is 12.2. The maximum Gasteiger partial charge on any atom is 0.238 e. The molecule has 10 nitrogen and oxygen atoms in total. The molecule has 0 spiro atoms. The standard InChI is InChI=1S/C25H21N9OS/c1-34(2)13-20(35)29-16-8-14(10-26-12-16)15-9-17-21(32-33-24(17)28-11-15)25-30-18-5-6-27-23(22(18)31-25)19-4-3-7-36-19/h3-12H,13H2,1-2H3,(H,29,35)(H,30,31)(H,28,32,33). The Hall–Kier alpha value is -4.48. The minimum Gasteiger partial charge on any atom is -0.336 e. The molecule has 1 amide bonds. The largest absolute Gasteiger partial charge is 0.336 e. The first-order chi connectivity index (χ1) is 17.5. The van der Waals surface area contributed by atoms with Crippen LogP contribution in [0, 0.1) is 0 Å². The average molecular weight is 496 g/mol. The van der Waals surface area contributed by atoms with Gasteiger partial charge in [0.25, 0.3) is 0 Å². The summed E-state index contributed by atoms with van der Waals surface area (Å²) >= 11 is 1.62. The van der Waals surface area contributed by atoms with Crippen molar-refractivity contribution in [2.45, 2.75) is 0 Å². The molecule has 11 heteroatoms. The third-order valence-electron chi connectivity index (χ3n) is 5.61. The van der Waals surface area contributed by atoms with E-state index < -0.39 is 0 Å². The molecule has 3 N–H and O–H groups in total. The first-order valence-corrected chi connectivity index (χ1v) is 12.1. The van der Waals surface area contributed by atoms with Crippen LogP contribution in [0.5, 0.6) is 0 Å². The summed E-state index contributed by atoms with van der Waals surface area (Å²) in [6.45, 7) is 0.289. The zero-order chi connectivity index (χ0) is 24.6. The number of nitrogens with one attached hydrogen (secondary N) is 3. The Morgan fingerprint density at radius 2 is 1.97 bits per heavy atom. The van der Waals surface area contributed by atoms with Gasteiger partial charge < -0.3 is 15.2 Å². The van der Waals surface area contributed by atoms with Gasteiger partial charge in [-0.25, -0.2) is 9.97 Å². The molecule has 0 fully saturated rings. The van der Waals surface area contributed by atoms with Gasteiger partial charge in [-0.15, -0.1) is 11.3 Å². The van der Waals surface area contributed by atoms with Crippen molar-refractivity contribution in [2.24, 2.45) is 0 Å². The molecule has 36 heavy (non-hydrogen) atoms. The number of nitrogens with zero attached hydrogens (tertiary/aromatic N) is 6. The number of hydrogen-bond donors (Lipinski definition) is 3. The van der Waals surface area contributed by atoms with Gasteiger partial charge >= 0.3 is 0 Å². The molecule has 0 aliphatic carbocycles. The van der Waals surface area contributed by atoms with E-state index in [9.17, 15) is 4.79 Å². The third-order valence-corrected chi connectivity index (χ3v) is 6.49. The van der Waals surface area contributed by atoms with E-state index in [-0.39, 0.29) is 12.5 Å². The normalized spacial score (nSPS) is 11.5. The lowest BCUT2D eigenvalue weighted by Crippen LogP contribution is -2.27. The fourth-order valence-electron chi connectivity index (χ4n) is 4.04. The van der Waals surface area contributed by atoms with Gasteiger partial charge in [-0.1, -0.05) is 6.07 Å². The number of anilines is 1. The summed E-state index contributed by atoms with van der Waals surface area (Å²) in [7, 11) is 3.69. The van der Waals surface area contributed by atoms with Gasteiger partial charge in [-0.3, -0.25) is 19.9 Å². The summed E-state index contributed by atoms with van der Waals surface area (Å²) in [5.74, 6) is 0.523. The zero-order valence-corrected chi connectivity index (χ0v) is 20.3. The summed E-state index contributed by atoms with van der Waals surface area (Å²) in [5.41, 5.74) is 6.12. The topological polar surface area (TPSA) is 128 Å². The van der Waals surface area contributed by atoms with Crippen LogP contribution in [-0.4, -0.2) is 66.6 Å². The smallest absolute Gasteiger partial charge is 0.238 e. The molecule has 0 bridgehead atoms. The summed E-state index contributed by atoms with van der Waals surface area (Å²) in [5, 5.41) is 13.2. The number of H-pyrrole nitrogens is 2. The molecular formula is C25H21N9OS. The van der Waals surface area contributed by atoms with Crippen LogP contribution in [0.4, 0.5) is 5.69 Å². The molecule has 0 aromatic carbocycles. The van der Waals surface area contributed by atoms with E-state index in [4.69, 9.17) is 4.98 Å². The van der Waals surface area contributed by atoms with E-state index in [0.717, 1.165) is 38.1 Å². The number of thiophene rings is 1. The number of likely N-dealkylation sites (N-methyl/N-ethyl adjacent to an activating group) is 1. The van der Waals surface area contributed by atoms with E-state index in [1.807, 2.05) is 54.7 Å². The Morgan fingerprint density at radius 3 is 2.81 bits per heavy atom. The highest BCUT2D eigenvalue weighted by Crippen LogP contribution is 2.33. The number of rotatable bonds is 6. The van der Waals surface area contributed by atoms with E-state index in [1.165, 1.54) is 0 Å². The number of carbonyl (C=O) groups is 1. The van der Waals surface area contributed by atoms with Crippen molar-refractivity contribution in [3.8, 4) is 33.2 Å². The molecule has 0 saturated carbocycles. The van der Waals surface area contributed by atoms with Crippen molar-refractivity contribution in [3.05, 3.63) is 60.5 Å². The first-order valence-electron chi connectivity index (χ1n) is 11.2. The minimum absolute atomic E-state index is 0.106. The Morgan fingerprint density at radius 1 is 1.08 bits per heavy atom. The number of amides is 1. The average Bonchev–Trinajstić information content (AvgIpc) is 3.62. The zero-order valence-electron chi connectivity index (χ0n) is 19.5. The van der Waals surface area contributed by atoms with E-state index in [0.29, 0.717) is 22.9 Å². The van der Waals surface area contributed by atoms with Crippen LogP contribution in [0.2, 0.25) is 0 Å². The number of imidazole rings is 1. The second-order valence-electron chi connectivity index (χ2n) is 8.56. The number of aromatic amines is 2. The van der Waals surface area contributed by atoms with Gasteiger partial charge in [0.15, 0.2) is 11.5 Å². The fourth-order valence-corrected chi connectivity index (χ4v) is 4.76. The molecule has 0 aliphatic rings. The fraction of sp³-hybridized carbons (Fsp3) is 0.120. The van der Waals surface area contributed by atoms with E-state index in [2.05, 4.69) is 35.5 Å². The van der Waals surface area contributed by atoms with Gasteiger partial charge in [0, 0.05) is 29.7 Å². The lowest BCUT2D eigenvalue weighted by atomic mass is 10.1. The van der Waals surface area contributed by atoms with Crippen LogP contribution in [0.3, 0.4) is 0 Å². The van der Waals surface area contributed by atoms with Gasteiger partial charge in [0.2, 0.25) is 5.91 Å². The highest BCUT2D eigenvalue weighted by molar-refractivity contribution is 7.13. The second kappa shape index (κ2) is 8.95.